The highest BCUT2D eigenvalue weighted by atomic mass is 15.3. The largest absolute Gasteiger partial charge is 0.312 e. The third-order valence-corrected chi connectivity index (χ3v) is 4.22. The molecule has 1 saturated carbocycles. The third-order valence-electron chi connectivity index (χ3n) is 4.22. The molecule has 1 fully saturated rings. The summed E-state index contributed by atoms with van der Waals surface area (Å²) in [7, 11) is 2.00. The van der Waals surface area contributed by atoms with Gasteiger partial charge in [-0.3, -0.25) is 4.68 Å². The summed E-state index contributed by atoms with van der Waals surface area (Å²) in [5.74, 6) is 1.84. The second-order valence-electron chi connectivity index (χ2n) is 5.64. The minimum absolute atomic E-state index is 0.892. The second-order valence-corrected chi connectivity index (χ2v) is 5.64. The molecule has 1 aliphatic carbocycles. The first kappa shape index (κ1) is 12.6. The summed E-state index contributed by atoms with van der Waals surface area (Å²) in [6.45, 7) is 6.64. The van der Waals surface area contributed by atoms with Crippen LogP contribution in [0.4, 0.5) is 0 Å². The number of nitrogens with one attached hydrogen (secondary N) is 1. The lowest BCUT2D eigenvalue weighted by molar-refractivity contribution is 0.281. The van der Waals surface area contributed by atoms with Crippen LogP contribution in [0.25, 0.3) is 0 Å². The van der Waals surface area contributed by atoms with Crippen molar-refractivity contribution in [2.45, 2.75) is 46.1 Å². The van der Waals surface area contributed by atoms with E-state index in [1.165, 1.54) is 43.5 Å². The number of nitrogens with zero attached hydrogens (tertiary/aromatic N) is 2. The van der Waals surface area contributed by atoms with Crippen molar-refractivity contribution >= 4 is 0 Å². The van der Waals surface area contributed by atoms with Gasteiger partial charge in [0.05, 0.1) is 6.20 Å². The maximum absolute atomic E-state index is 4.27. The predicted molar refractivity (Wildman–Crippen MR) is 70.8 cm³/mol. The summed E-state index contributed by atoms with van der Waals surface area (Å²) in [6.07, 6.45) is 7.61. The summed E-state index contributed by atoms with van der Waals surface area (Å²) >= 11 is 0. The van der Waals surface area contributed by atoms with Crippen molar-refractivity contribution in [3.05, 3.63) is 17.5 Å². The van der Waals surface area contributed by atoms with Crippen molar-refractivity contribution < 1.29 is 0 Å². The molecule has 2 rings (SSSR count). The summed E-state index contributed by atoms with van der Waals surface area (Å²) < 4.78 is 1.94. The van der Waals surface area contributed by atoms with Crippen LogP contribution in [-0.2, 0) is 13.6 Å². The first-order chi connectivity index (χ1) is 8.16. The molecule has 0 unspecified atom stereocenters. The smallest absolute Gasteiger partial charge is 0.0537 e. The van der Waals surface area contributed by atoms with Gasteiger partial charge >= 0.3 is 0 Å². The van der Waals surface area contributed by atoms with E-state index in [1.807, 2.05) is 17.9 Å². The van der Waals surface area contributed by atoms with Crippen LogP contribution >= 0.6 is 0 Å². The molecule has 3 heteroatoms. The molecule has 0 aromatic carbocycles. The molecule has 96 valence electrons. The Morgan fingerprint density at radius 3 is 2.65 bits per heavy atom. The molecular weight excluding hydrogens is 210 g/mol. The van der Waals surface area contributed by atoms with Gasteiger partial charge < -0.3 is 5.32 Å². The zero-order valence-electron chi connectivity index (χ0n) is 11.4. The van der Waals surface area contributed by atoms with E-state index < -0.39 is 0 Å². The van der Waals surface area contributed by atoms with Crippen molar-refractivity contribution in [1.29, 1.82) is 0 Å². The average Bonchev–Trinajstić information content (AvgIpc) is 2.64. The van der Waals surface area contributed by atoms with E-state index in [4.69, 9.17) is 0 Å². The fourth-order valence-corrected chi connectivity index (χ4v) is 2.66. The van der Waals surface area contributed by atoms with E-state index >= 15 is 0 Å². The maximum atomic E-state index is 4.27. The van der Waals surface area contributed by atoms with Gasteiger partial charge in [-0.05, 0) is 38.1 Å². The first-order valence-corrected chi connectivity index (χ1v) is 6.85. The lowest BCUT2D eigenvalue weighted by Crippen LogP contribution is -2.25. The number of aryl methyl sites for hydroxylation is 1. The molecule has 0 spiro atoms. The van der Waals surface area contributed by atoms with Gasteiger partial charge in [0.15, 0.2) is 0 Å². The number of hydrogen-bond acceptors (Lipinski definition) is 2. The van der Waals surface area contributed by atoms with Gasteiger partial charge in [-0.1, -0.05) is 19.8 Å². The second kappa shape index (κ2) is 5.67. The standard InChI is InChI=1S/C14H25N3/c1-11-4-6-13(7-5-11)8-15-9-14-10-16-17(3)12(14)2/h10-11,13,15H,4-9H2,1-3H3. The highest BCUT2D eigenvalue weighted by Gasteiger charge is 2.17. The molecule has 0 atom stereocenters. The Hall–Kier alpha value is -0.830. The Bertz CT molecular complexity index is 348. The summed E-state index contributed by atoms with van der Waals surface area (Å²) in [6, 6.07) is 0. The van der Waals surface area contributed by atoms with Gasteiger partial charge in [0.1, 0.15) is 0 Å². The van der Waals surface area contributed by atoms with E-state index in [2.05, 4.69) is 24.3 Å². The zero-order valence-corrected chi connectivity index (χ0v) is 11.4. The predicted octanol–water partition coefficient (Wildman–Crippen LogP) is 2.64. The molecule has 1 heterocycles. The van der Waals surface area contributed by atoms with Crippen molar-refractivity contribution in [1.82, 2.24) is 15.1 Å². The van der Waals surface area contributed by atoms with Crippen LogP contribution in [0.5, 0.6) is 0 Å². The summed E-state index contributed by atoms with van der Waals surface area (Å²) in [4.78, 5) is 0. The van der Waals surface area contributed by atoms with Crippen LogP contribution in [0.2, 0.25) is 0 Å². The zero-order chi connectivity index (χ0) is 12.3. The monoisotopic (exact) mass is 235 g/mol. The molecule has 0 aliphatic heterocycles. The van der Waals surface area contributed by atoms with E-state index in [1.54, 1.807) is 0 Å². The molecule has 1 N–H and O–H groups in total. The summed E-state index contributed by atoms with van der Waals surface area (Å²) in [5, 5.41) is 7.86. The molecule has 0 amide bonds. The summed E-state index contributed by atoms with van der Waals surface area (Å²) in [5.41, 5.74) is 2.60. The van der Waals surface area contributed by atoms with Crippen LogP contribution in [0, 0.1) is 18.8 Å². The number of aromatic nitrogens is 2. The average molecular weight is 235 g/mol. The number of hydrogen-bond donors (Lipinski definition) is 1. The van der Waals surface area contributed by atoms with E-state index in [0.29, 0.717) is 0 Å². The SMILES string of the molecule is Cc1c(CNCC2CCC(C)CC2)cnn1C. The fourth-order valence-electron chi connectivity index (χ4n) is 2.66. The quantitative estimate of drug-likeness (QED) is 0.869. The molecule has 0 bridgehead atoms. The molecule has 0 radical (unpaired) electrons. The normalized spacial score (nSPS) is 25.1. The van der Waals surface area contributed by atoms with Crippen molar-refractivity contribution in [2.75, 3.05) is 6.54 Å². The van der Waals surface area contributed by atoms with Gasteiger partial charge in [-0.25, -0.2) is 0 Å². The Balaban J connectivity index is 1.71. The van der Waals surface area contributed by atoms with E-state index in [9.17, 15) is 0 Å². The van der Waals surface area contributed by atoms with Crippen LogP contribution in [0.1, 0.15) is 43.9 Å². The van der Waals surface area contributed by atoms with Gasteiger partial charge in [-0.15, -0.1) is 0 Å². The van der Waals surface area contributed by atoms with Crippen LogP contribution in [0.15, 0.2) is 6.20 Å². The lowest BCUT2D eigenvalue weighted by atomic mass is 9.83. The first-order valence-electron chi connectivity index (χ1n) is 6.85. The Kier molecular flexibility index (Phi) is 4.21. The minimum atomic E-state index is 0.892. The minimum Gasteiger partial charge on any atom is -0.312 e. The van der Waals surface area contributed by atoms with Crippen LogP contribution < -0.4 is 5.32 Å². The van der Waals surface area contributed by atoms with Crippen molar-refractivity contribution in [3.63, 3.8) is 0 Å². The molecule has 3 nitrogen and oxygen atoms in total. The number of rotatable bonds is 4. The van der Waals surface area contributed by atoms with E-state index in [-0.39, 0.29) is 0 Å². The Morgan fingerprint density at radius 2 is 2.06 bits per heavy atom. The Labute approximate surface area is 105 Å². The van der Waals surface area contributed by atoms with Gasteiger partial charge in [0.2, 0.25) is 0 Å². The van der Waals surface area contributed by atoms with Gasteiger partial charge in [0.25, 0.3) is 0 Å². The van der Waals surface area contributed by atoms with Gasteiger partial charge in [0, 0.05) is 24.8 Å². The van der Waals surface area contributed by atoms with Gasteiger partial charge in [-0.2, -0.15) is 5.10 Å². The molecule has 1 aromatic rings. The molecule has 17 heavy (non-hydrogen) atoms. The molecule has 1 aliphatic rings. The highest BCUT2D eigenvalue weighted by Crippen LogP contribution is 2.27. The van der Waals surface area contributed by atoms with E-state index in [0.717, 1.165) is 18.4 Å². The third kappa shape index (κ3) is 3.32. The topological polar surface area (TPSA) is 29.9 Å². The molecule has 1 aromatic heterocycles. The fraction of sp³-hybridized carbons (Fsp3) is 0.786. The Morgan fingerprint density at radius 1 is 1.35 bits per heavy atom. The molecule has 0 saturated heterocycles. The molecular formula is C14H25N3. The van der Waals surface area contributed by atoms with Crippen LogP contribution in [-0.4, -0.2) is 16.3 Å². The lowest BCUT2D eigenvalue weighted by Gasteiger charge is -2.26. The van der Waals surface area contributed by atoms with Crippen molar-refractivity contribution in [2.24, 2.45) is 18.9 Å². The van der Waals surface area contributed by atoms with Crippen LogP contribution in [0.3, 0.4) is 0 Å². The van der Waals surface area contributed by atoms with Crippen molar-refractivity contribution in [3.8, 4) is 0 Å². The maximum Gasteiger partial charge on any atom is 0.0537 e. The highest BCUT2D eigenvalue weighted by molar-refractivity contribution is 5.15.